The van der Waals surface area contributed by atoms with Crippen LogP contribution >= 0.6 is 23.8 Å². The molecule has 10 heteroatoms. The van der Waals surface area contributed by atoms with Gasteiger partial charge < -0.3 is 9.64 Å². The van der Waals surface area contributed by atoms with Gasteiger partial charge >= 0.3 is 0 Å². The molecule has 1 aliphatic heterocycles. The Morgan fingerprint density at radius 1 is 1.32 bits per heavy atom. The lowest BCUT2D eigenvalue weighted by molar-refractivity contribution is -0.143. The number of hydrogen-bond acceptors (Lipinski definition) is 7. The fourth-order valence-electron chi connectivity index (χ4n) is 5.01. The molecule has 37 heavy (non-hydrogen) atoms. The molecule has 0 radical (unpaired) electrons. The number of pyridine rings is 2. The van der Waals surface area contributed by atoms with Crippen molar-refractivity contribution in [3.8, 4) is 5.75 Å². The Morgan fingerprint density at radius 2 is 2.11 bits per heavy atom. The van der Waals surface area contributed by atoms with E-state index in [1.54, 1.807) is 37.7 Å². The van der Waals surface area contributed by atoms with Crippen molar-refractivity contribution >= 4 is 45.5 Å². The fourth-order valence-corrected chi connectivity index (χ4v) is 5.49. The molecule has 1 aromatic carbocycles. The first-order chi connectivity index (χ1) is 17.9. The first-order valence-corrected chi connectivity index (χ1v) is 13.0. The Labute approximate surface area is 226 Å². The molecule has 0 bridgehead atoms. The van der Waals surface area contributed by atoms with Gasteiger partial charge in [-0.2, -0.15) is 0 Å². The Morgan fingerprint density at radius 3 is 2.78 bits per heavy atom. The highest BCUT2D eigenvalue weighted by Crippen LogP contribution is 2.42. The molecule has 196 valence electrons. The van der Waals surface area contributed by atoms with Crippen molar-refractivity contribution in [2.45, 2.75) is 38.3 Å². The summed E-state index contributed by atoms with van der Waals surface area (Å²) in [6.45, 7) is 2.06. The van der Waals surface area contributed by atoms with Crippen LogP contribution in [0.25, 0.3) is 10.9 Å². The SMILES string of the molecule is COc1ccc2ncc(Cl)c([C@H](F)CCC3(C(=O)NO)CCN(CCC(=S)c4cccnc4)CC3)c2c1. The topological polar surface area (TPSA) is 87.6 Å². The molecule has 1 atom stereocenters. The predicted octanol–water partition coefficient (Wildman–Crippen LogP) is 5.48. The van der Waals surface area contributed by atoms with E-state index in [1.165, 1.54) is 6.20 Å². The molecule has 0 aliphatic carbocycles. The number of likely N-dealkylation sites (tertiary alicyclic amines) is 1. The quantitative estimate of drug-likeness (QED) is 0.151. The number of aromatic nitrogens is 2. The summed E-state index contributed by atoms with van der Waals surface area (Å²) in [7, 11) is 1.54. The van der Waals surface area contributed by atoms with Gasteiger partial charge in [0.2, 0.25) is 5.91 Å². The number of methoxy groups -OCH3 is 1. The first-order valence-electron chi connectivity index (χ1n) is 12.2. The largest absolute Gasteiger partial charge is 0.497 e. The van der Waals surface area contributed by atoms with Gasteiger partial charge in [0.15, 0.2) is 0 Å². The lowest BCUT2D eigenvalue weighted by Gasteiger charge is -2.40. The van der Waals surface area contributed by atoms with E-state index in [4.69, 9.17) is 28.6 Å². The van der Waals surface area contributed by atoms with Gasteiger partial charge in [-0.1, -0.05) is 29.9 Å². The number of fused-ring (bicyclic) bond motifs is 1. The monoisotopic (exact) mass is 544 g/mol. The zero-order chi connectivity index (χ0) is 26.4. The Bertz CT molecular complexity index is 1260. The van der Waals surface area contributed by atoms with Crippen LogP contribution in [0.15, 0.2) is 48.9 Å². The number of hydrogen-bond donors (Lipinski definition) is 2. The van der Waals surface area contributed by atoms with E-state index in [1.807, 2.05) is 17.6 Å². The second-order valence-electron chi connectivity index (χ2n) is 9.39. The molecule has 7 nitrogen and oxygen atoms in total. The molecular weight excluding hydrogens is 515 g/mol. The molecule has 2 aromatic heterocycles. The number of nitrogens with zero attached hydrogens (tertiary/aromatic N) is 3. The van der Waals surface area contributed by atoms with Crippen molar-refractivity contribution < 1.29 is 19.1 Å². The molecule has 2 N–H and O–H groups in total. The van der Waals surface area contributed by atoms with Crippen molar-refractivity contribution in [1.82, 2.24) is 20.3 Å². The number of alkyl halides is 1. The van der Waals surface area contributed by atoms with Gasteiger partial charge in [0.05, 0.1) is 23.1 Å². The molecule has 0 saturated carbocycles. The number of hydroxylamine groups is 1. The summed E-state index contributed by atoms with van der Waals surface area (Å²) in [4.78, 5) is 24.3. The average molecular weight is 545 g/mol. The third kappa shape index (κ3) is 6.23. The van der Waals surface area contributed by atoms with Gasteiger partial charge in [-0.3, -0.25) is 20.0 Å². The van der Waals surface area contributed by atoms with Crippen molar-refractivity contribution in [1.29, 1.82) is 0 Å². The molecule has 1 fully saturated rings. The maximum atomic E-state index is 15.7. The highest BCUT2D eigenvalue weighted by molar-refractivity contribution is 7.80. The number of amides is 1. The highest BCUT2D eigenvalue weighted by Gasteiger charge is 2.41. The van der Waals surface area contributed by atoms with Crippen molar-refractivity contribution in [3.05, 3.63) is 65.1 Å². The maximum Gasteiger partial charge on any atom is 0.249 e. The van der Waals surface area contributed by atoms with E-state index in [9.17, 15) is 10.0 Å². The van der Waals surface area contributed by atoms with Gasteiger partial charge in [0.1, 0.15) is 11.9 Å². The predicted molar refractivity (Wildman–Crippen MR) is 145 cm³/mol. The second-order valence-corrected chi connectivity index (χ2v) is 10.3. The summed E-state index contributed by atoms with van der Waals surface area (Å²) in [5.41, 5.74) is 2.85. The fraction of sp³-hybridized carbons (Fsp3) is 0.407. The summed E-state index contributed by atoms with van der Waals surface area (Å²) in [5.74, 6) is 0.106. The summed E-state index contributed by atoms with van der Waals surface area (Å²) >= 11 is 11.9. The van der Waals surface area contributed by atoms with E-state index in [2.05, 4.69) is 14.9 Å². The molecule has 1 aliphatic rings. The minimum absolute atomic E-state index is 0.0779. The van der Waals surface area contributed by atoms with Crippen molar-refractivity contribution in [2.24, 2.45) is 5.41 Å². The normalized spacial score (nSPS) is 16.3. The van der Waals surface area contributed by atoms with E-state index >= 15 is 4.39 Å². The van der Waals surface area contributed by atoms with E-state index in [0.717, 1.165) is 17.0 Å². The number of carbonyl (C=O) groups is 1. The van der Waals surface area contributed by atoms with Crippen LogP contribution in [-0.4, -0.2) is 57.6 Å². The van der Waals surface area contributed by atoms with Crippen LogP contribution in [0.3, 0.4) is 0 Å². The van der Waals surface area contributed by atoms with Gasteiger partial charge in [0.25, 0.3) is 0 Å². The average Bonchev–Trinajstić information content (AvgIpc) is 2.94. The van der Waals surface area contributed by atoms with Gasteiger partial charge in [-0.05, 0) is 69.5 Å². The summed E-state index contributed by atoms with van der Waals surface area (Å²) in [6, 6.07) is 9.06. The first kappa shape index (κ1) is 27.3. The minimum Gasteiger partial charge on any atom is -0.497 e. The molecular formula is C27H30ClFN4O3S. The minimum atomic E-state index is -1.41. The number of carbonyl (C=O) groups excluding carboxylic acids is 1. The lowest BCUT2D eigenvalue weighted by Crippen LogP contribution is -2.48. The third-order valence-electron chi connectivity index (χ3n) is 7.29. The molecule has 4 rings (SSSR count). The highest BCUT2D eigenvalue weighted by atomic mass is 35.5. The number of piperidine rings is 1. The molecule has 3 aromatic rings. The third-order valence-corrected chi connectivity index (χ3v) is 8.03. The summed E-state index contributed by atoms with van der Waals surface area (Å²) < 4.78 is 21.0. The van der Waals surface area contributed by atoms with Crippen LogP contribution in [-0.2, 0) is 4.79 Å². The number of halogens is 2. The van der Waals surface area contributed by atoms with Crippen LogP contribution in [0.1, 0.15) is 49.4 Å². The van der Waals surface area contributed by atoms with E-state index < -0.39 is 17.5 Å². The second kappa shape index (κ2) is 12.2. The van der Waals surface area contributed by atoms with Gasteiger partial charge in [0, 0.05) is 46.5 Å². The maximum absolute atomic E-state index is 15.7. The molecule has 0 spiro atoms. The summed E-state index contributed by atoms with van der Waals surface area (Å²) in [6.07, 6.45) is 5.58. The zero-order valence-corrected chi connectivity index (χ0v) is 22.2. The van der Waals surface area contributed by atoms with Crippen molar-refractivity contribution in [3.63, 3.8) is 0 Å². The zero-order valence-electron chi connectivity index (χ0n) is 20.6. The van der Waals surface area contributed by atoms with Crippen LogP contribution in [0.2, 0.25) is 5.02 Å². The number of thiocarbonyl (C=S) groups is 1. The molecule has 3 heterocycles. The molecule has 1 amide bonds. The van der Waals surface area contributed by atoms with E-state index in [0.29, 0.717) is 54.6 Å². The Kier molecular flexibility index (Phi) is 9.02. The van der Waals surface area contributed by atoms with E-state index in [-0.39, 0.29) is 17.9 Å². The lowest BCUT2D eigenvalue weighted by atomic mass is 9.73. The number of ether oxygens (including phenoxy) is 1. The smallest absolute Gasteiger partial charge is 0.249 e. The summed E-state index contributed by atoms with van der Waals surface area (Å²) in [5, 5.41) is 10.3. The van der Waals surface area contributed by atoms with Crippen LogP contribution in [0.5, 0.6) is 5.75 Å². The number of benzene rings is 1. The van der Waals surface area contributed by atoms with Crippen LogP contribution in [0.4, 0.5) is 4.39 Å². The molecule has 0 unspecified atom stereocenters. The van der Waals surface area contributed by atoms with Gasteiger partial charge in [-0.25, -0.2) is 9.87 Å². The number of rotatable bonds is 10. The number of nitrogens with one attached hydrogen (secondary N) is 1. The standard InChI is InChI=1S/C27H30ClFN4O3S/c1-36-19-4-5-23-20(15-19)25(21(28)17-31-23)22(29)6-8-27(26(34)32-35)9-13-33(14-10-27)12-7-24(37)18-3-2-11-30-16-18/h2-5,11,15-17,22,35H,6-10,12-14H2,1H3,(H,32,34)/t22-/m1/s1. The molecule has 1 saturated heterocycles. The Hall–Kier alpha value is -2.72. The Balaban J connectivity index is 1.42. The van der Waals surface area contributed by atoms with Crippen LogP contribution in [0, 0.1) is 5.41 Å². The van der Waals surface area contributed by atoms with Crippen LogP contribution < -0.4 is 10.2 Å². The van der Waals surface area contributed by atoms with Crippen molar-refractivity contribution in [2.75, 3.05) is 26.7 Å². The van der Waals surface area contributed by atoms with Gasteiger partial charge in [-0.15, -0.1) is 0 Å².